The lowest BCUT2D eigenvalue weighted by molar-refractivity contribution is 0.174. The second kappa shape index (κ2) is 7.18. The summed E-state index contributed by atoms with van der Waals surface area (Å²) in [6, 6.07) is 6.52. The molecule has 0 fully saturated rings. The first kappa shape index (κ1) is 19.2. The van der Waals surface area contributed by atoms with E-state index in [2.05, 4.69) is 72.8 Å². The maximum atomic E-state index is 6.31. The summed E-state index contributed by atoms with van der Waals surface area (Å²) in [6.45, 7) is 17.9. The van der Waals surface area contributed by atoms with Crippen molar-refractivity contribution in [2.75, 3.05) is 5.73 Å². The Morgan fingerprint density at radius 3 is 2.09 bits per heavy atom. The third kappa shape index (κ3) is 6.13. The molecule has 1 aromatic carbocycles. The van der Waals surface area contributed by atoms with E-state index < -0.39 is 9.04 Å². The molecule has 1 atom stereocenters. The van der Waals surface area contributed by atoms with Gasteiger partial charge in [-0.2, -0.15) is 0 Å². The second-order valence-electron chi connectivity index (χ2n) is 8.87. The minimum absolute atomic E-state index is 0.0805. The highest BCUT2D eigenvalue weighted by Gasteiger charge is 2.21. The molecule has 0 aliphatic rings. The number of anilines is 1. The monoisotopic (exact) mass is 321 g/mol. The van der Waals surface area contributed by atoms with E-state index in [9.17, 15) is 0 Å². The van der Waals surface area contributed by atoms with Gasteiger partial charge >= 0.3 is 0 Å². The minimum Gasteiger partial charge on any atom is -0.414 e. The predicted molar refractivity (Wildman–Crippen MR) is 101 cm³/mol. The Morgan fingerprint density at radius 2 is 1.68 bits per heavy atom. The summed E-state index contributed by atoms with van der Waals surface area (Å²) in [5.74, 6) is 0. The lowest BCUT2D eigenvalue weighted by atomic mass is 9.84. The molecule has 0 heterocycles. The molecule has 0 aliphatic carbocycles. The number of benzene rings is 1. The van der Waals surface area contributed by atoms with E-state index in [1.165, 1.54) is 11.1 Å². The first-order valence-corrected chi connectivity index (χ1v) is 11.2. The van der Waals surface area contributed by atoms with E-state index in [1.807, 2.05) is 0 Å². The highest BCUT2D eigenvalue weighted by molar-refractivity contribution is 6.48. The van der Waals surface area contributed by atoms with Crippen LogP contribution in [-0.4, -0.2) is 9.04 Å². The third-order valence-electron chi connectivity index (χ3n) is 3.85. The van der Waals surface area contributed by atoms with E-state index in [4.69, 9.17) is 10.2 Å². The second-order valence-corrected chi connectivity index (χ2v) is 11.2. The van der Waals surface area contributed by atoms with E-state index >= 15 is 0 Å². The summed E-state index contributed by atoms with van der Waals surface area (Å²) in [5.41, 5.74) is 10.1. The van der Waals surface area contributed by atoms with Gasteiger partial charge in [-0.05, 0) is 54.0 Å². The van der Waals surface area contributed by atoms with Gasteiger partial charge in [0.25, 0.3) is 0 Å². The Labute approximate surface area is 139 Å². The molecule has 0 radical (unpaired) electrons. The van der Waals surface area contributed by atoms with E-state index in [0.717, 1.165) is 18.5 Å². The van der Waals surface area contributed by atoms with Crippen molar-refractivity contribution in [1.82, 2.24) is 0 Å². The molecular formula is C19H35NOSi. The van der Waals surface area contributed by atoms with Crippen LogP contribution in [0, 0.1) is 5.41 Å². The van der Waals surface area contributed by atoms with Crippen molar-refractivity contribution in [3.8, 4) is 0 Å². The quantitative estimate of drug-likeness (QED) is 0.579. The van der Waals surface area contributed by atoms with Gasteiger partial charge in [-0.1, -0.05) is 53.7 Å². The SMILES string of the molecule is C[SiH](C)OC(CCC(C)(C)C)c1ccc(C(C)(C)C)c(N)c1. The molecule has 0 bridgehead atoms. The zero-order valence-electron chi connectivity index (χ0n) is 15.8. The van der Waals surface area contributed by atoms with E-state index in [-0.39, 0.29) is 11.5 Å². The van der Waals surface area contributed by atoms with Crippen molar-refractivity contribution >= 4 is 14.7 Å². The number of hydrogen-bond donors (Lipinski definition) is 1. The zero-order valence-corrected chi connectivity index (χ0v) is 16.9. The smallest absolute Gasteiger partial charge is 0.171 e. The lowest BCUT2D eigenvalue weighted by Crippen LogP contribution is -2.18. The fourth-order valence-corrected chi connectivity index (χ4v) is 3.62. The molecule has 0 saturated carbocycles. The third-order valence-corrected chi connectivity index (χ3v) is 4.72. The molecule has 22 heavy (non-hydrogen) atoms. The summed E-state index contributed by atoms with van der Waals surface area (Å²) < 4.78 is 6.30. The molecule has 2 N–H and O–H groups in total. The van der Waals surface area contributed by atoms with Crippen molar-refractivity contribution in [3.05, 3.63) is 29.3 Å². The topological polar surface area (TPSA) is 35.2 Å². The number of nitrogen functional groups attached to an aromatic ring is 1. The van der Waals surface area contributed by atoms with Crippen molar-refractivity contribution in [2.45, 2.75) is 79.0 Å². The van der Waals surface area contributed by atoms with Crippen molar-refractivity contribution in [3.63, 3.8) is 0 Å². The predicted octanol–water partition coefficient (Wildman–Crippen LogP) is 5.43. The summed E-state index contributed by atoms with van der Waals surface area (Å²) in [5, 5.41) is 0. The Bertz CT molecular complexity index is 483. The van der Waals surface area contributed by atoms with Crippen LogP contribution in [0.15, 0.2) is 18.2 Å². The van der Waals surface area contributed by atoms with Crippen LogP contribution in [0.25, 0.3) is 0 Å². The molecule has 1 aromatic rings. The molecule has 0 saturated heterocycles. The summed E-state index contributed by atoms with van der Waals surface area (Å²) in [6.07, 6.45) is 2.39. The van der Waals surface area contributed by atoms with E-state index in [0.29, 0.717) is 5.41 Å². The van der Waals surface area contributed by atoms with Crippen molar-refractivity contribution in [1.29, 1.82) is 0 Å². The minimum atomic E-state index is -1.09. The first-order chi connectivity index (χ1) is 9.90. The molecule has 0 amide bonds. The van der Waals surface area contributed by atoms with Gasteiger partial charge in [0.2, 0.25) is 0 Å². The molecule has 1 unspecified atom stereocenters. The van der Waals surface area contributed by atoms with Gasteiger partial charge < -0.3 is 10.2 Å². The molecule has 0 aliphatic heterocycles. The Balaban J connectivity index is 3.02. The number of nitrogens with two attached hydrogens (primary N) is 1. The average Bonchev–Trinajstić information content (AvgIpc) is 2.31. The van der Waals surface area contributed by atoms with Gasteiger partial charge in [0.1, 0.15) is 0 Å². The maximum Gasteiger partial charge on any atom is 0.171 e. The van der Waals surface area contributed by atoms with Crippen LogP contribution < -0.4 is 5.73 Å². The van der Waals surface area contributed by atoms with Crippen molar-refractivity contribution in [2.24, 2.45) is 5.41 Å². The van der Waals surface area contributed by atoms with Crippen LogP contribution in [0.2, 0.25) is 13.1 Å². The number of hydrogen-bond acceptors (Lipinski definition) is 2. The fourth-order valence-electron chi connectivity index (χ4n) is 2.67. The highest BCUT2D eigenvalue weighted by atomic mass is 28.3. The first-order valence-electron chi connectivity index (χ1n) is 8.45. The summed E-state index contributed by atoms with van der Waals surface area (Å²) >= 11 is 0. The molecule has 126 valence electrons. The zero-order chi connectivity index (χ0) is 17.1. The van der Waals surface area contributed by atoms with Crippen LogP contribution >= 0.6 is 0 Å². The number of rotatable bonds is 5. The van der Waals surface area contributed by atoms with Gasteiger partial charge in [-0.3, -0.25) is 0 Å². The molecule has 0 spiro atoms. The molecule has 1 rings (SSSR count). The molecule has 2 nitrogen and oxygen atoms in total. The van der Waals surface area contributed by atoms with Gasteiger partial charge in [0.05, 0.1) is 6.10 Å². The van der Waals surface area contributed by atoms with Gasteiger partial charge in [0, 0.05) is 5.69 Å². The largest absolute Gasteiger partial charge is 0.414 e. The normalized spacial score (nSPS) is 14.4. The van der Waals surface area contributed by atoms with Gasteiger partial charge in [-0.25, -0.2) is 0 Å². The lowest BCUT2D eigenvalue weighted by Gasteiger charge is -2.27. The van der Waals surface area contributed by atoms with Crippen LogP contribution in [0.3, 0.4) is 0 Å². The van der Waals surface area contributed by atoms with Gasteiger partial charge in [0.15, 0.2) is 9.04 Å². The summed E-state index contributed by atoms with van der Waals surface area (Å²) in [7, 11) is -1.09. The molecule has 0 aromatic heterocycles. The Morgan fingerprint density at radius 1 is 1.09 bits per heavy atom. The summed E-state index contributed by atoms with van der Waals surface area (Å²) in [4.78, 5) is 0. The van der Waals surface area contributed by atoms with Crippen molar-refractivity contribution < 1.29 is 4.43 Å². The Hall–Kier alpha value is -0.803. The van der Waals surface area contributed by atoms with Crippen LogP contribution in [0.4, 0.5) is 5.69 Å². The van der Waals surface area contributed by atoms with Crippen LogP contribution in [0.1, 0.15) is 71.6 Å². The highest BCUT2D eigenvalue weighted by Crippen LogP contribution is 2.34. The van der Waals surface area contributed by atoms with Crippen LogP contribution in [-0.2, 0) is 9.84 Å². The standard InChI is InChI=1S/C19H35NOSi/c1-18(2,3)12-11-17(21-22(7)8)14-9-10-15(16(20)13-14)19(4,5)6/h9-10,13,17,22H,11-12,20H2,1-8H3. The van der Waals surface area contributed by atoms with E-state index in [1.54, 1.807) is 0 Å². The average molecular weight is 322 g/mol. The Kier molecular flexibility index (Phi) is 6.28. The fraction of sp³-hybridized carbons (Fsp3) is 0.684. The van der Waals surface area contributed by atoms with Crippen LogP contribution in [0.5, 0.6) is 0 Å². The van der Waals surface area contributed by atoms with Gasteiger partial charge in [-0.15, -0.1) is 0 Å². The molecule has 3 heteroatoms. The molecular weight excluding hydrogens is 286 g/mol. The maximum absolute atomic E-state index is 6.31.